The highest BCUT2D eigenvalue weighted by Gasteiger charge is 2.78. The average molecular weight is 323 g/mol. The van der Waals surface area contributed by atoms with Gasteiger partial charge >= 0.3 is 5.79 Å². The number of rotatable bonds is 4. The summed E-state index contributed by atoms with van der Waals surface area (Å²) in [5.74, 6) is -5.71. The predicted molar refractivity (Wildman–Crippen MR) is 77.4 cm³/mol. The molecule has 0 radical (unpaired) electrons. The van der Waals surface area contributed by atoms with E-state index in [0.29, 0.717) is 11.1 Å². The highest BCUT2D eigenvalue weighted by molar-refractivity contribution is 5.61. The topological polar surface area (TPSA) is 150 Å². The highest BCUT2D eigenvalue weighted by Crippen LogP contribution is 2.41. The van der Waals surface area contributed by atoms with Crippen molar-refractivity contribution in [3.05, 3.63) is 70.8 Å². The summed E-state index contributed by atoms with van der Waals surface area (Å²) in [5.41, 5.74) is 1.85. The lowest BCUT2D eigenvalue weighted by atomic mass is 9.79. The second kappa shape index (κ2) is 5.39. The second-order valence-electron chi connectivity index (χ2n) is 5.35. The van der Waals surface area contributed by atoms with E-state index < -0.39 is 32.6 Å². The number of nitrogens with zero attached hydrogens (tertiary/aromatic N) is 3. The zero-order valence-electron chi connectivity index (χ0n) is 12.2. The number of hydrogen-bond acceptors (Lipinski definition) is 7. The first-order valence-corrected chi connectivity index (χ1v) is 6.55. The van der Waals surface area contributed by atoms with Gasteiger partial charge in [-0.15, -0.1) is 0 Å². The van der Waals surface area contributed by atoms with Crippen LogP contribution in [0.25, 0.3) is 6.08 Å². The molecule has 0 saturated carbocycles. The fourth-order valence-corrected chi connectivity index (χ4v) is 2.75. The molecule has 10 nitrogen and oxygen atoms in total. The van der Waals surface area contributed by atoms with E-state index in [1.165, 1.54) is 12.1 Å². The Morgan fingerprint density at radius 3 is 1.96 bits per heavy atom. The van der Waals surface area contributed by atoms with E-state index in [-0.39, 0.29) is 5.56 Å². The van der Waals surface area contributed by atoms with Crippen LogP contribution in [-0.4, -0.2) is 31.8 Å². The van der Waals surface area contributed by atoms with Crippen molar-refractivity contribution < 1.29 is 19.9 Å². The van der Waals surface area contributed by atoms with Gasteiger partial charge < -0.3 is 5.11 Å². The number of benzene rings is 1. The van der Waals surface area contributed by atoms with Gasteiger partial charge in [0, 0.05) is 0 Å². The summed E-state index contributed by atoms with van der Waals surface area (Å²) in [6.45, 7) is 3.44. The Bertz CT molecular complexity index is 707. The lowest BCUT2D eigenvalue weighted by Gasteiger charge is -2.26. The van der Waals surface area contributed by atoms with Crippen molar-refractivity contribution in [2.24, 2.45) is 0 Å². The number of fused-ring (bicyclic) bond motifs is 1. The van der Waals surface area contributed by atoms with Crippen LogP contribution in [0.3, 0.4) is 0 Å². The zero-order chi connectivity index (χ0) is 17.5. The Hall–Kier alpha value is -2.88. The van der Waals surface area contributed by atoms with Gasteiger partial charge in [0.15, 0.2) is 14.8 Å². The molecule has 2 atom stereocenters. The zero-order valence-corrected chi connectivity index (χ0v) is 12.2. The van der Waals surface area contributed by atoms with Gasteiger partial charge in [-0.1, -0.05) is 24.3 Å². The molecule has 0 aliphatic heterocycles. The van der Waals surface area contributed by atoms with Gasteiger partial charge in [0.25, 0.3) is 0 Å². The molecule has 0 spiro atoms. The molecule has 1 aromatic carbocycles. The minimum absolute atomic E-state index is 0.00759. The molecule has 10 heteroatoms. The third kappa shape index (κ3) is 2.23. The SMILES string of the molecule is Cc1cc2c(cc1C)[C@@H](C([N+](=O)[O-])([N+](=O)[O-])[N+](=O)[O-])[C@H](O)C=C2. The molecule has 1 N–H and O–H groups in total. The van der Waals surface area contributed by atoms with E-state index in [1.807, 2.05) is 0 Å². The summed E-state index contributed by atoms with van der Waals surface area (Å²) in [5, 5.41) is 44.0. The van der Waals surface area contributed by atoms with Crippen molar-refractivity contribution in [3.8, 4) is 0 Å². The first kappa shape index (κ1) is 16.5. The van der Waals surface area contributed by atoms with Gasteiger partial charge in [0.2, 0.25) is 5.92 Å². The Balaban J connectivity index is 2.82. The van der Waals surface area contributed by atoms with E-state index in [4.69, 9.17) is 0 Å². The van der Waals surface area contributed by atoms with Crippen molar-refractivity contribution in [1.29, 1.82) is 0 Å². The van der Waals surface area contributed by atoms with Crippen LogP contribution >= 0.6 is 0 Å². The molecule has 1 aromatic rings. The maximum Gasteiger partial charge on any atom is 0.709 e. The minimum atomic E-state index is -3.76. The molecule has 122 valence electrons. The molecule has 0 unspecified atom stereocenters. The molecular weight excluding hydrogens is 310 g/mol. The summed E-state index contributed by atoms with van der Waals surface area (Å²) in [6.07, 6.45) is 0.798. The highest BCUT2D eigenvalue weighted by atomic mass is 16.7. The van der Waals surface area contributed by atoms with Crippen LogP contribution in [0.2, 0.25) is 0 Å². The molecule has 23 heavy (non-hydrogen) atoms. The van der Waals surface area contributed by atoms with Gasteiger partial charge in [0.1, 0.15) is 6.10 Å². The Morgan fingerprint density at radius 2 is 1.48 bits per heavy atom. The van der Waals surface area contributed by atoms with Crippen LogP contribution in [-0.2, 0) is 0 Å². The monoisotopic (exact) mass is 323 g/mol. The minimum Gasteiger partial charge on any atom is -0.387 e. The maximum atomic E-state index is 11.3. The van der Waals surface area contributed by atoms with Crippen LogP contribution in [0, 0.1) is 44.2 Å². The largest absolute Gasteiger partial charge is 0.709 e. The van der Waals surface area contributed by atoms with Gasteiger partial charge in [-0.25, -0.2) is 0 Å². The van der Waals surface area contributed by atoms with E-state index in [2.05, 4.69) is 0 Å². The number of aryl methyl sites for hydroxylation is 2. The first-order chi connectivity index (χ1) is 10.6. The standard InChI is InChI=1S/C13H13N3O7/c1-7-5-9-3-4-11(17)12(10(9)6-8(7)2)13(14(18)19,15(20)21)16(22)23/h3-6,11-12,17H,1-2H3/t11-,12-/m1/s1. The van der Waals surface area contributed by atoms with Crippen LogP contribution in [0.4, 0.5) is 0 Å². The quantitative estimate of drug-likeness (QED) is 0.497. The summed E-state index contributed by atoms with van der Waals surface area (Å²) in [4.78, 5) is 29.2. The predicted octanol–water partition coefficient (Wildman–Crippen LogP) is 1.26. The molecule has 0 amide bonds. The van der Waals surface area contributed by atoms with Crippen LogP contribution < -0.4 is 0 Å². The molecule has 0 heterocycles. The third-order valence-electron chi connectivity index (χ3n) is 4.07. The third-order valence-corrected chi connectivity index (χ3v) is 4.07. The van der Waals surface area contributed by atoms with E-state index in [9.17, 15) is 35.4 Å². The van der Waals surface area contributed by atoms with Crippen molar-refractivity contribution in [1.82, 2.24) is 0 Å². The van der Waals surface area contributed by atoms with E-state index >= 15 is 0 Å². The van der Waals surface area contributed by atoms with Gasteiger partial charge in [-0.2, -0.15) is 0 Å². The van der Waals surface area contributed by atoms with Gasteiger partial charge in [-0.05, 0) is 36.1 Å². The van der Waals surface area contributed by atoms with Gasteiger partial charge in [-0.3, -0.25) is 30.3 Å². The number of aliphatic hydroxyl groups is 1. The number of aliphatic hydroxyl groups excluding tert-OH is 1. The van der Waals surface area contributed by atoms with Crippen molar-refractivity contribution in [3.63, 3.8) is 0 Å². The van der Waals surface area contributed by atoms with E-state index in [1.54, 1.807) is 19.9 Å². The molecule has 1 aliphatic carbocycles. The van der Waals surface area contributed by atoms with Crippen LogP contribution in [0.5, 0.6) is 0 Å². The summed E-state index contributed by atoms with van der Waals surface area (Å²) < 4.78 is 0. The number of nitro groups is 3. The average Bonchev–Trinajstić information content (AvgIpc) is 2.43. The van der Waals surface area contributed by atoms with Crippen LogP contribution in [0.1, 0.15) is 28.2 Å². The molecular formula is C13H13N3O7. The maximum absolute atomic E-state index is 11.3. The second-order valence-corrected chi connectivity index (χ2v) is 5.35. The Morgan fingerprint density at radius 1 is 1.00 bits per heavy atom. The van der Waals surface area contributed by atoms with Gasteiger partial charge in [0.05, 0.1) is 0 Å². The molecule has 0 bridgehead atoms. The lowest BCUT2D eigenvalue weighted by Crippen LogP contribution is -2.60. The molecule has 0 saturated heterocycles. The lowest BCUT2D eigenvalue weighted by molar-refractivity contribution is -0.974. The fraction of sp³-hybridized carbons (Fsp3) is 0.385. The summed E-state index contributed by atoms with van der Waals surface area (Å²) in [7, 11) is 0. The van der Waals surface area contributed by atoms with Crippen molar-refractivity contribution in [2.75, 3.05) is 0 Å². The molecule has 1 aliphatic rings. The van der Waals surface area contributed by atoms with Crippen LogP contribution in [0.15, 0.2) is 18.2 Å². The van der Waals surface area contributed by atoms with Crippen molar-refractivity contribution in [2.45, 2.75) is 31.7 Å². The smallest absolute Gasteiger partial charge is 0.387 e. The van der Waals surface area contributed by atoms with Crippen molar-refractivity contribution >= 4 is 6.08 Å². The molecule has 0 fully saturated rings. The van der Waals surface area contributed by atoms with E-state index in [0.717, 1.165) is 11.6 Å². The summed E-state index contributed by atoms with van der Waals surface area (Å²) >= 11 is 0. The first-order valence-electron chi connectivity index (χ1n) is 6.55. The fourth-order valence-electron chi connectivity index (χ4n) is 2.75. The normalized spacial score (nSPS) is 20.0. The summed E-state index contributed by atoms with van der Waals surface area (Å²) in [6, 6.07) is 3.03. The molecule has 2 rings (SSSR count). The Labute approximate surface area is 129 Å². The Kier molecular flexibility index (Phi) is 3.87. The number of hydrogen-bond donors (Lipinski definition) is 1. The molecule has 0 aromatic heterocycles.